The second-order valence-corrected chi connectivity index (χ2v) is 24.0. The zero-order valence-electron chi connectivity index (χ0n) is 43.3. The van der Waals surface area contributed by atoms with Crippen LogP contribution in [0.2, 0.25) is 0 Å². The summed E-state index contributed by atoms with van der Waals surface area (Å²) in [5.41, 5.74) is 22.4. The zero-order valence-corrected chi connectivity index (χ0v) is 45.0. The maximum atomic E-state index is 7.29. The first kappa shape index (κ1) is 44.2. The van der Waals surface area contributed by atoms with E-state index in [-0.39, 0.29) is 20.1 Å². The van der Waals surface area contributed by atoms with E-state index in [1.54, 1.807) is 0 Å². The largest absolute Gasteiger partial charge is 0.458 e. The molecule has 11 aromatic carbocycles. The third-order valence-electron chi connectivity index (χ3n) is 17.7. The molecule has 0 unspecified atom stereocenters. The van der Waals surface area contributed by atoms with Gasteiger partial charge in [-0.2, -0.15) is 0 Å². The lowest BCUT2D eigenvalue weighted by Gasteiger charge is -2.44. The Balaban J connectivity index is 0.882. The second kappa shape index (κ2) is 16.5. The van der Waals surface area contributed by atoms with Gasteiger partial charge in [-0.25, -0.2) is 0 Å². The Hall–Kier alpha value is -9.67. The van der Waals surface area contributed by atoms with Crippen molar-refractivity contribution in [3.63, 3.8) is 0 Å². The van der Waals surface area contributed by atoms with Crippen LogP contribution in [0.1, 0.15) is 0 Å². The molecule has 6 aliphatic rings. The van der Waals surface area contributed by atoms with Gasteiger partial charge in [-0.15, -0.1) is 22.7 Å². The molecule has 8 heterocycles. The van der Waals surface area contributed by atoms with Crippen molar-refractivity contribution in [3.05, 3.63) is 249 Å². The summed E-state index contributed by atoms with van der Waals surface area (Å²) in [6.45, 7) is -0.349. The Morgan fingerprint density at radius 3 is 1.05 bits per heavy atom. The van der Waals surface area contributed by atoms with Gasteiger partial charge in [0.15, 0.2) is 0 Å². The van der Waals surface area contributed by atoms with Crippen LogP contribution < -0.4 is 76.9 Å². The normalized spacial score (nSPS) is 14.2. The fourth-order valence-corrected chi connectivity index (χ4v) is 17.2. The van der Waals surface area contributed by atoms with Crippen LogP contribution in [0, 0.1) is 0 Å². The highest BCUT2D eigenvalue weighted by Gasteiger charge is 2.50. The van der Waals surface area contributed by atoms with Gasteiger partial charge in [-0.3, -0.25) is 0 Å². The minimum Gasteiger partial charge on any atom is -0.458 e. The average Bonchev–Trinajstić information content (AvgIpc) is 3.15. The number of nitrogens with zero attached hydrogens (tertiary/aromatic N) is 4. The smallest absolute Gasteiger partial charge is 0.264 e. The van der Waals surface area contributed by atoms with Crippen LogP contribution in [0.15, 0.2) is 249 Å². The third kappa shape index (κ3) is 5.98. The average molecular weight is 1070 g/mol. The topological polar surface area (TPSA) is 31.4 Å². The molecular weight excluding hydrogens is 1030 g/mol. The Morgan fingerprint density at radius 1 is 0.272 bits per heavy atom. The van der Waals surface area contributed by atoms with Crippen LogP contribution in [0.4, 0.5) is 68.2 Å². The molecule has 374 valence electrons. The fraction of sp³-hybridized carbons (Fsp3) is 0. The summed E-state index contributed by atoms with van der Waals surface area (Å²) >= 11 is 3.85. The molecule has 0 atom stereocenters. The van der Waals surface area contributed by atoms with E-state index in [2.05, 4.69) is 268 Å². The molecule has 81 heavy (non-hydrogen) atoms. The number of ether oxygens (including phenoxy) is 2. The van der Waals surface area contributed by atoms with Gasteiger partial charge in [-0.05, 0) is 130 Å². The number of rotatable bonds is 4. The van der Waals surface area contributed by atoms with E-state index in [1.165, 1.54) is 85.7 Å². The zero-order chi connectivity index (χ0) is 52.6. The van der Waals surface area contributed by atoms with Gasteiger partial charge in [0.25, 0.3) is 20.1 Å². The Labute approximate surface area is 476 Å². The molecule has 6 aliphatic heterocycles. The van der Waals surface area contributed by atoms with E-state index in [4.69, 9.17) is 9.47 Å². The van der Waals surface area contributed by atoms with Crippen LogP contribution in [0.5, 0.6) is 23.0 Å². The van der Waals surface area contributed by atoms with Crippen molar-refractivity contribution in [2.24, 2.45) is 0 Å². The molecule has 0 radical (unpaired) electrons. The number of thiophene rings is 2. The van der Waals surface area contributed by atoms with Gasteiger partial charge < -0.3 is 29.1 Å². The number of benzene rings is 11. The molecule has 0 bridgehead atoms. The molecule has 6 nitrogen and oxygen atoms in total. The van der Waals surface area contributed by atoms with Gasteiger partial charge in [0.05, 0.1) is 11.4 Å². The van der Waals surface area contributed by atoms with Crippen molar-refractivity contribution in [1.29, 1.82) is 0 Å². The second-order valence-electron chi connectivity index (χ2n) is 21.8. The van der Waals surface area contributed by atoms with Gasteiger partial charge in [0.1, 0.15) is 23.0 Å². The summed E-state index contributed by atoms with van der Waals surface area (Å²) in [5.74, 6) is 3.36. The van der Waals surface area contributed by atoms with Crippen molar-refractivity contribution in [3.8, 4) is 23.0 Å². The fourth-order valence-electron chi connectivity index (χ4n) is 14.6. The molecule has 0 amide bonds. The summed E-state index contributed by atoms with van der Waals surface area (Å²) in [6, 6.07) is 91.4. The number of fused-ring (bicyclic) bond motifs is 16. The van der Waals surface area contributed by atoms with Crippen LogP contribution in [0.3, 0.4) is 0 Å². The van der Waals surface area contributed by atoms with Crippen molar-refractivity contribution in [2.75, 3.05) is 19.6 Å². The first-order valence-corrected chi connectivity index (χ1v) is 29.4. The molecular formula is C70H41B3N4O2S2. The van der Waals surface area contributed by atoms with E-state index in [0.717, 1.165) is 73.5 Å². The minimum atomic E-state index is -0.208. The lowest BCUT2D eigenvalue weighted by atomic mass is 9.31. The Bertz CT molecular complexity index is 4540. The van der Waals surface area contributed by atoms with Crippen LogP contribution in [-0.2, 0) is 0 Å². The SMILES string of the molecule is c1ccc(N2c3cc4c(cc3B3c5sc6ccccc6c5N(c5ccccc5)c5cccc2c53)B2c3cc5c(cc3Oc3cccc(c32)O4)N(c2ccccc2)c2cccc3c2B5c2sc4ccccc4c2N3c2ccccc2)cc1. The lowest BCUT2D eigenvalue weighted by molar-refractivity contribution is 0.465. The van der Waals surface area contributed by atoms with Crippen LogP contribution in [-0.4, -0.2) is 20.1 Å². The summed E-state index contributed by atoms with van der Waals surface area (Å²) in [4.78, 5) is 10.0. The first-order valence-electron chi connectivity index (χ1n) is 27.8. The minimum absolute atomic E-state index is 0.0705. The summed E-state index contributed by atoms with van der Waals surface area (Å²) < 4.78 is 19.8. The molecule has 0 aliphatic carbocycles. The van der Waals surface area contributed by atoms with E-state index < -0.39 is 0 Å². The molecule has 13 aromatic rings. The van der Waals surface area contributed by atoms with Gasteiger partial charge in [-0.1, -0.05) is 140 Å². The number of anilines is 12. The Morgan fingerprint density at radius 2 is 0.630 bits per heavy atom. The highest BCUT2D eigenvalue weighted by molar-refractivity contribution is 7.34. The van der Waals surface area contributed by atoms with Gasteiger partial charge in [0.2, 0.25) is 0 Å². The number of hydrogen-bond donors (Lipinski definition) is 0. The predicted octanol–water partition coefficient (Wildman–Crippen LogP) is 13.0. The lowest BCUT2D eigenvalue weighted by Crippen LogP contribution is -2.64. The first-order chi connectivity index (χ1) is 40.2. The highest BCUT2D eigenvalue weighted by Crippen LogP contribution is 2.51. The predicted molar refractivity (Wildman–Crippen MR) is 343 cm³/mol. The van der Waals surface area contributed by atoms with E-state index in [0.29, 0.717) is 0 Å². The quantitative estimate of drug-likeness (QED) is 0.163. The number of hydrogen-bond acceptors (Lipinski definition) is 8. The van der Waals surface area contributed by atoms with Crippen molar-refractivity contribution < 1.29 is 9.47 Å². The molecule has 0 saturated heterocycles. The Kier molecular flexibility index (Phi) is 8.98. The molecule has 11 heteroatoms. The number of para-hydroxylation sites is 4. The maximum absolute atomic E-state index is 7.29. The van der Waals surface area contributed by atoms with E-state index in [1.807, 2.05) is 22.7 Å². The highest BCUT2D eigenvalue weighted by atomic mass is 32.1. The molecule has 2 aromatic heterocycles. The van der Waals surface area contributed by atoms with Crippen molar-refractivity contribution in [1.82, 2.24) is 0 Å². The van der Waals surface area contributed by atoms with Gasteiger partial charge >= 0.3 is 0 Å². The van der Waals surface area contributed by atoms with E-state index >= 15 is 0 Å². The molecule has 0 spiro atoms. The maximum Gasteiger partial charge on any atom is 0.264 e. The van der Waals surface area contributed by atoms with Gasteiger partial charge in [0, 0.05) is 104 Å². The van der Waals surface area contributed by atoms with Crippen LogP contribution in [0.25, 0.3) is 20.2 Å². The van der Waals surface area contributed by atoms with Crippen molar-refractivity contribution in [2.45, 2.75) is 0 Å². The summed E-state index contributed by atoms with van der Waals surface area (Å²) in [7, 11) is 0. The summed E-state index contributed by atoms with van der Waals surface area (Å²) in [5, 5.41) is 2.52. The van der Waals surface area contributed by atoms with Crippen molar-refractivity contribution >= 4 is 179 Å². The molecule has 0 saturated carbocycles. The standard InChI is InChI=1S/C70H41B3N4O2S2/c1-5-20-42(21-6-1)74-52-30-17-32-54-64(52)72(69-67(46-28-13-15-36-62(46)80-69)76(54)44-24-9-3-10-25-44)48-38-50-60(40-56(48)74)78-58-34-19-35-59-66(58)71(50)51-39-49-57(41-61(51)79-59)75(43-22-7-2-8-23-43)53-31-18-33-55-65(53)73(49)70-68(47-29-14-16-37-63(47)81-70)77(55)45-26-11-4-12-27-45/h1-41H. The monoisotopic (exact) mass is 1070 g/mol. The molecule has 0 N–H and O–H groups in total. The van der Waals surface area contributed by atoms with Crippen LogP contribution >= 0.6 is 22.7 Å². The molecule has 0 fully saturated rings. The summed E-state index contributed by atoms with van der Waals surface area (Å²) in [6.07, 6.45) is 0. The van der Waals surface area contributed by atoms with E-state index in [9.17, 15) is 0 Å². The third-order valence-corrected chi connectivity index (χ3v) is 20.1. The molecule has 19 rings (SSSR count).